The summed E-state index contributed by atoms with van der Waals surface area (Å²) in [7, 11) is -2.11. The number of nitrogens with one attached hydrogen (secondary N) is 1. The Balaban J connectivity index is 1.40. The quantitative estimate of drug-likeness (QED) is 0.639. The van der Waals surface area contributed by atoms with Gasteiger partial charge < -0.3 is 10.1 Å². The Kier molecular flexibility index (Phi) is 6.25. The van der Waals surface area contributed by atoms with Crippen molar-refractivity contribution in [2.75, 3.05) is 20.2 Å². The topological polar surface area (TPSA) is 75.7 Å². The van der Waals surface area contributed by atoms with Crippen LogP contribution in [0.25, 0.3) is 10.8 Å². The number of benzene rings is 3. The van der Waals surface area contributed by atoms with Crippen LogP contribution in [0.3, 0.4) is 0 Å². The van der Waals surface area contributed by atoms with Gasteiger partial charge in [0.2, 0.25) is 15.9 Å². The van der Waals surface area contributed by atoms with Crippen molar-refractivity contribution in [3.63, 3.8) is 0 Å². The van der Waals surface area contributed by atoms with Gasteiger partial charge in [0.25, 0.3) is 0 Å². The first-order valence-electron chi connectivity index (χ1n) is 10.4. The van der Waals surface area contributed by atoms with E-state index in [1.54, 1.807) is 12.1 Å². The molecule has 1 atom stereocenters. The first kappa shape index (κ1) is 21.3. The summed E-state index contributed by atoms with van der Waals surface area (Å²) in [5, 5.41) is 5.27. The lowest BCUT2D eigenvalue weighted by Gasteiger charge is -2.31. The number of ether oxygens (including phenoxy) is 1. The van der Waals surface area contributed by atoms with Gasteiger partial charge in [-0.2, -0.15) is 4.31 Å². The predicted molar refractivity (Wildman–Crippen MR) is 120 cm³/mol. The van der Waals surface area contributed by atoms with E-state index in [-0.39, 0.29) is 23.3 Å². The maximum absolute atomic E-state index is 13.0. The van der Waals surface area contributed by atoms with Crippen LogP contribution < -0.4 is 10.1 Å². The zero-order valence-corrected chi connectivity index (χ0v) is 18.3. The lowest BCUT2D eigenvalue weighted by molar-refractivity contribution is -0.126. The molecular weight excluding hydrogens is 412 g/mol. The summed E-state index contributed by atoms with van der Waals surface area (Å²) in [6, 6.07) is 20.5. The zero-order chi connectivity index (χ0) is 21.8. The normalized spacial score (nSPS) is 17.4. The lowest BCUT2D eigenvalue weighted by Crippen LogP contribution is -2.45. The van der Waals surface area contributed by atoms with Crippen LogP contribution >= 0.6 is 0 Å². The van der Waals surface area contributed by atoms with Gasteiger partial charge in [-0.3, -0.25) is 4.79 Å². The maximum atomic E-state index is 13.0. The van der Waals surface area contributed by atoms with Crippen molar-refractivity contribution >= 4 is 26.7 Å². The molecule has 162 valence electrons. The molecular formula is C24H26N2O4S. The number of sulfonamides is 1. The number of amides is 1. The highest BCUT2D eigenvalue weighted by molar-refractivity contribution is 7.89. The molecule has 0 bridgehead atoms. The van der Waals surface area contributed by atoms with Gasteiger partial charge in [-0.05, 0) is 59.5 Å². The number of piperidine rings is 1. The molecule has 0 saturated carbocycles. The SMILES string of the molecule is COc1ccc(S(=O)(=O)N2CCC[C@@H](C(=O)NCc3ccc4ccccc4c3)C2)cc1. The van der Waals surface area contributed by atoms with Crippen LogP contribution in [0.2, 0.25) is 0 Å². The number of hydrogen-bond donors (Lipinski definition) is 1. The Hall–Kier alpha value is -2.90. The number of carbonyl (C=O) groups is 1. The number of hydrogen-bond acceptors (Lipinski definition) is 4. The molecule has 1 amide bonds. The Morgan fingerprint density at radius 1 is 1.06 bits per heavy atom. The Morgan fingerprint density at radius 3 is 2.55 bits per heavy atom. The highest BCUT2D eigenvalue weighted by atomic mass is 32.2. The van der Waals surface area contributed by atoms with Gasteiger partial charge in [0.15, 0.2) is 0 Å². The second-order valence-corrected chi connectivity index (χ2v) is 9.71. The third kappa shape index (κ3) is 4.73. The van der Waals surface area contributed by atoms with E-state index in [1.807, 2.05) is 30.3 Å². The Labute approximate surface area is 182 Å². The van der Waals surface area contributed by atoms with Crippen LogP contribution in [-0.2, 0) is 21.4 Å². The Bertz CT molecular complexity index is 1180. The second kappa shape index (κ2) is 9.08. The van der Waals surface area contributed by atoms with E-state index in [0.717, 1.165) is 16.3 Å². The van der Waals surface area contributed by atoms with Gasteiger partial charge in [-0.25, -0.2) is 8.42 Å². The number of rotatable bonds is 6. The lowest BCUT2D eigenvalue weighted by atomic mass is 9.98. The molecule has 1 heterocycles. The van der Waals surface area contributed by atoms with Crippen LogP contribution in [0.4, 0.5) is 0 Å². The van der Waals surface area contributed by atoms with Crippen molar-refractivity contribution in [1.82, 2.24) is 9.62 Å². The zero-order valence-electron chi connectivity index (χ0n) is 17.5. The van der Waals surface area contributed by atoms with Crippen LogP contribution in [-0.4, -0.2) is 38.8 Å². The fraction of sp³-hybridized carbons (Fsp3) is 0.292. The summed E-state index contributed by atoms with van der Waals surface area (Å²) in [6.07, 6.45) is 1.33. The van der Waals surface area contributed by atoms with Crippen LogP contribution in [0.1, 0.15) is 18.4 Å². The third-order valence-electron chi connectivity index (χ3n) is 5.73. The molecule has 0 spiro atoms. The smallest absolute Gasteiger partial charge is 0.243 e. The first-order valence-corrected chi connectivity index (χ1v) is 11.8. The summed E-state index contributed by atoms with van der Waals surface area (Å²) >= 11 is 0. The summed E-state index contributed by atoms with van der Waals surface area (Å²) in [6.45, 7) is 1.03. The molecule has 3 aromatic rings. The molecule has 31 heavy (non-hydrogen) atoms. The van der Waals surface area contributed by atoms with Crippen LogP contribution in [0.15, 0.2) is 71.6 Å². The molecule has 0 aromatic heterocycles. The van der Waals surface area contributed by atoms with Gasteiger partial charge in [0.1, 0.15) is 5.75 Å². The number of nitrogens with zero attached hydrogens (tertiary/aromatic N) is 1. The molecule has 6 nitrogen and oxygen atoms in total. The molecule has 0 aliphatic carbocycles. The molecule has 4 rings (SSSR count). The summed E-state index contributed by atoms with van der Waals surface area (Å²) in [4.78, 5) is 13.0. The average molecular weight is 439 g/mol. The summed E-state index contributed by atoms with van der Waals surface area (Å²) in [5.74, 6) is 0.133. The molecule has 7 heteroatoms. The van der Waals surface area contributed by atoms with E-state index >= 15 is 0 Å². The number of carbonyl (C=O) groups excluding carboxylic acids is 1. The van der Waals surface area contributed by atoms with Gasteiger partial charge in [-0.1, -0.05) is 36.4 Å². The highest BCUT2D eigenvalue weighted by Gasteiger charge is 2.33. The van der Waals surface area contributed by atoms with Crippen molar-refractivity contribution in [3.05, 3.63) is 72.3 Å². The van der Waals surface area contributed by atoms with Gasteiger partial charge >= 0.3 is 0 Å². The van der Waals surface area contributed by atoms with Gasteiger partial charge in [-0.15, -0.1) is 0 Å². The maximum Gasteiger partial charge on any atom is 0.243 e. The minimum absolute atomic E-state index is 0.109. The van der Waals surface area contributed by atoms with Crippen LogP contribution in [0.5, 0.6) is 5.75 Å². The fourth-order valence-electron chi connectivity index (χ4n) is 3.95. The van der Waals surface area contributed by atoms with E-state index in [2.05, 4.69) is 17.4 Å². The minimum Gasteiger partial charge on any atom is -0.497 e. The van der Waals surface area contributed by atoms with E-state index in [0.29, 0.717) is 31.7 Å². The monoisotopic (exact) mass is 438 g/mol. The fourth-order valence-corrected chi connectivity index (χ4v) is 5.48. The second-order valence-electron chi connectivity index (χ2n) is 7.78. The number of fused-ring (bicyclic) bond motifs is 1. The van der Waals surface area contributed by atoms with E-state index < -0.39 is 10.0 Å². The minimum atomic E-state index is -3.65. The van der Waals surface area contributed by atoms with Crippen molar-refractivity contribution in [3.8, 4) is 5.75 Å². The largest absolute Gasteiger partial charge is 0.497 e. The van der Waals surface area contributed by atoms with Crippen LogP contribution in [0, 0.1) is 5.92 Å². The third-order valence-corrected chi connectivity index (χ3v) is 7.61. The molecule has 1 aliphatic heterocycles. The van der Waals surface area contributed by atoms with E-state index in [9.17, 15) is 13.2 Å². The number of methoxy groups -OCH3 is 1. The van der Waals surface area contributed by atoms with Crippen molar-refractivity contribution in [2.45, 2.75) is 24.3 Å². The molecule has 0 radical (unpaired) electrons. The molecule has 3 aromatic carbocycles. The van der Waals surface area contributed by atoms with E-state index in [1.165, 1.54) is 23.5 Å². The van der Waals surface area contributed by atoms with Crippen molar-refractivity contribution in [1.29, 1.82) is 0 Å². The average Bonchev–Trinajstić information content (AvgIpc) is 2.82. The van der Waals surface area contributed by atoms with E-state index in [4.69, 9.17) is 4.74 Å². The predicted octanol–water partition coefficient (Wildman–Crippen LogP) is 3.57. The molecule has 1 N–H and O–H groups in total. The summed E-state index contributed by atoms with van der Waals surface area (Å²) < 4.78 is 32.5. The standard InChI is InChI=1S/C24H26N2O4S/c1-30-22-10-12-23(13-11-22)31(28,29)26-14-4-7-21(17-26)24(27)25-16-18-8-9-19-5-2-3-6-20(19)15-18/h2-3,5-6,8-13,15,21H,4,7,14,16-17H2,1H3,(H,25,27)/t21-/m1/s1. The van der Waals surface area contributed by atoms with Gasteiger partial charge in [0, 0.05) is 19.6 Å². The molecule has 1 aliphatic rings. The molecule has 0 unspecified atom stereocenters. The van der Waals surface area contributed by atoms with Crippen molar-refractivity contribution in [2.24, 2.45) is 5.92 Å². The Morgan fingerprint density at radius 2 is 1.81 bits per heavy atom. The molecule has 1 fully saturated rings. The summed E-state index contributed by atoms with van der Waals surface area (Å²) in [5.41, 5.74) is 1.02. The highest BCUT2D eigenvalue weighted by Crippen LogP contribution is 2.25. The first-order chi connectivity index (χ1) is 15.0. The van der Waals surface area contributed by atoms with Gasteiger partial charge in [0.05, 0.1) is 17.9 Å². The van der Waals surface area contributed by atoms with Crippen molar-refractivity contribution < 1.29 is 17.9 Å². The molecule has 1 saturated heterocycles.